The predicted molar refractivity (Wildman–Crippen MR) is 92.6 cm³/mol. The van der Waals surface area contributed by atoms with Crippen LogP contribution in [0.5, 0.6) is 0 Å². The number of aryl methyl sites for hydroxylation is 3. The molecule has 1 nitrogen and oxygen atoms in total. The lowest BCUT2D eigenvalue weighted by atomic mass is 9.86. The molecule has 1 unspecified atom stereocenters. The summed E-state index contributed by atoms with van der Waals surface area (Å²) in [6, 6.07) is 13.4. The van der Waals surface area contributed by atoms with Crippen LogP contribution in [0.2, 0.25) is 0 Å². The average Bonchev–Trinajstić information content (AvgIpc) is 2.53. The molecule has 0 radical (unpaired) electrons. The summed E-state index contributed by atoms with van der Waals surface area (Å²) < 4.78 is 0. The molecule has 2 N–H and O–H groups in total. The van der Waals surface area contributed by atoms with E-state index in [1.807, 2.05) is 0 Å². The highest BCUT2D eigenvalue weighted by molar-refractivity contribution is 5.75. The van der Waals surface area contributed by atoms with E-state index in [0.717, 1.165) is 19.3 Å². The lowest BCUT2D eigenvalue weighted by Gasteiger charge is -2.20. The Kier molecular flexibility index (Phi) is 5.19. The van der Waals surface area contributed by atoms with Crippen molar-refractivity contribution in [3.8, 4) is 11.1 Å². The number of hydrogen-bond donors (Lipinski definition) is 1. The monoisotopic (exact) mass is 281 g/mol. The van der Waals surface area contributed by atoms with Crippen LogP contribution in [0.1, 0.15) is 56.0 Å². The maximum atomic E-state index is 6.19. The van der Waals surface area contributed by atoms with Crippen LogP contribution in [0.25, 0.3) is 11.1 Å². The second-order valence-electron chi connectivity index (χ2n) is 5.73. The topological polar surface area (TPSA) is 26.0 Å². The Balaban J connectivity index is 2.73. The molecule has 0 heterocycles. The fourth-order valence-corrected chi connectivity index (χ4v) is 3.07. The SMILES string of the molecule is CCc1cc(CC)c(-c2ccccc2C(C)N)c(CC)c1. The van der Waals surface area contributed by atoms with Crippen molar-refractivity contribution < 1.29 is 0 Å². The number of benzene rings is 2. The van der Waals surface area contributed by atoms with E-state index in [1.165, 1.54) is 33.4 Å². The third-order valence-corrected chi connectivity index (χ3v) is 4.25. The fraction of sp³-hybridized carbons (Fsp3) is 0.400. The Hall–Kier alpha value is -1.60. The van der Waals surface area contributed by atoms with Crippen molar-refractivity contribution in [3.05, 3.63) is 58.7 Å². The highest BCUT2D eigenvalue weighted by atomic mass is 14.6. The maximum Gasteiger partial charge on any atom is 0.0272 e. The molecule has 0 saturated carbocycles. The smallest absolute Gasteiger partial charge is 0.0272 e. The molecule has 1 atom stereocenters. The summed E-state index contributed by atoms with van der Waals surface area (Å²) in [6.45, 7) is 8.78. The third-order valence-electron chi connectivity index (χ3n) is 4.25. The molecule has 0 fully saturated rings. The van der Waals surface area contributed by atoms with Crippen LogP contribution in [-0.4, -0.2) is 0 Å². The van der Waals surface area contributed by atoms with Crippen molar-refractivity contribution in [1.29, 1.82) is 0 Å². The minimum absolute atomic E-state index is 0.0569. The van der Waals surface area contributed by atoms with Gasteiger partial charge in [-0.15, -0.1) is 0 Å². The molecule has 2 rings (SSSR count). The molecule has 0 aliphatic heterocycles. The van der Waals surface area contributed by atoms with Crippen LogP contribution in [0.3, 0.4) is 0 Å². The van der Waals surface area contributed by atoms with Gasteiger partial charge < -0.3 is 5.73 Å². The minimum atomic E-state index is 0.0569. The van der Waals surface area contributed by atoms with Gasteiger partial charge in [0, 0.05) is 6.04 Å². The molecule has 0 saturated heterocycles. The van der Waals surface area contributed by atoms with Gasteiger partial charge in [0.25, 0.3) is 0 Å². The molecule has 0 aliphatic carbocycles. The van der Waals surface area contributed by atoms with Crippen LogP contribution in [-0.2, 0) is 19.3 Å². The number of nitrogens with two attached hydrogens (primary N) is 1. The molecular weight excluding hydrogens is 254 g/mol. The van der Waals surface area contributed by atoms with Crippen molar-refractivity contribution >= 4 is 0 Å². The third kappa shape index (κ3) is 3.19. The van der Waals surface area contributed by atoms with Gasteiger partial charge in [0.1, 0.15) is 0 Å². The number of hydrogen-bond acceptors (Lipinski definition) is 1. The van der Waals surface area contributed by atoms with Gasteiger partial charge in [0.2, 0.25) is 0 Å². The summed E-state index contributed by atoms with van der Waals surface area (Å²) in [4.78, 5) is 0. The summed E-state index contributed by atoms with van der Waals surface area (Å²) >= 11 is 0. The Morgan fingerprint density at radius 3 is 1.95 bits per heavy atom. The first-order valence-electron chi connectivity index (χ1n) is 8.11. The molecule has 0 bridgehead atoms. The molecular formula is C20H27N. The normalized spacial score (nSPS) is 12.4. The second kappa shape index (κ2) is 6.91. The molecule has 1 heteroatoms. The summed E-state index contributed by atoms with van der Waals surface area (Å²) in [5.41, 5.74) is 14.5. The van der Waals surface area contributed by atoms with Crippen LogP contribution in [0, 0.1) is 0 Å². The van der Waals surface area contributed by atoms with Crippen LogP contribution in [0.4, 0.5) is 0 Å². The molecule has 2 aromatic carbocycles. The summed E-state index contributed by atoms with van der Waals surface area (Å²) in [5.74, 6) is 0. The second-order valence-corrected chi connectivity index (χ2v) is 5.73. The standard InChI is InChI=1S/C20H27N/c1-5-15-12-16(6-2)20(17(7-3)13-15)19-11-9-8-10-18(19)14(4)21/h8-14H,5-7,21H2,1-4H3. The van der Waals surface area contributed by atoms with Gasteiger partial charge in [-0.1, -0.05) is 57.2 Å². The molecule has 0 amide bonds. The van der Waals surface area contributed by atoms with Gasteiger partial charge in [-0.05, 0) is 59.6 Å². The van der Waals surface area contributed by atoms with Gasteiger partial charge >= 0.3 is 0 Å². The van der Waals surface area contributed by atoms with Crippen molar-refractivity contribution in [2.45, 2.75) is 53.0 Å². The van der Waals surface area contributed by atoms with Gasteiger partial charge in [-0.2, -0.15) is 0 Å². The Bertz CT molecular complexity index is 586. The van der Waals surface area contributed by atoms with E-state index in [2.05, 4.69) is 64.1 Å². The first kappa shape index (κ1) is 15.8. The number of rotatable bonds is 5. The van der Waals surface area contributed by atoms with E-state index in [9.17, 15) is 0 Å². The molecule has 0 aromatic heterocycles. The van der Waals surface area contributed by atoms with Gasteiger partial charge in [-0.3, -0.25) is 0 Å². The van der Waals surface area contributed by atoms with Crippen molar-refractivity contribution in [2.75, 3.05) is 0 Å². The molecule has 2 aromatic rings. The van der Waals surface area contributed by atoms with E-state index in [-0.39, 0.29) is 6.04 Å². The zero-order valence-corrected chi connectivity index (χ0v) is 13.7. The molecule has 0 spiro atoms. The average molecular weight is 281 g/mol. The first-order chi connectivity index (χ1) is 10.1. The molecule has 0 aliphatic rings. The minimum Gasteiger partial charge on any atom is -0.324 e. The maximum absolute atomic E-state index is 6.19. The van der Waals surface area contributed by atoms with E-state index in [1.54, 1.807) is 0 Å². The Morgan fingerprint density at radius 2 is 1.48 bits per heavy atom. The quantitative estimate of drug-likeness (QED) is 0.814. The first-order valence-corrected chi connectivity index (χ1v) is 8.11. The highest BCUT2D eigenvalue weighted by Crippen LogP contribution is 2.34. The molecule has 112 valence electrons. The van der Waals surface area contributed by atoms with E-state index in [0.29, 0.717) is 0 Å². The lowest BCUT2D eigenvalue weighted by molar-refractivity contribution is 0.819. The lowest BCUT2D eigenvalue weighted by Crippen LogP contribution is -2.08. The fourth-order valence-electron chi connectivity index (χ4n) is 3.07. The Labute approximate surface area is 129 Å². The van der Waals surface area contributed by atoms with Crippen LogP contribution in [0.15, 0.2) is 36.4 Å². The summed E-state index contributed by atoms with van der Waals surface area (Å²) in [5, 5.41) is 0. The van der Waals surface area contributed by atoms with Crippen molar-refractivity contribution in [2.24, 2.45) is 5.73 Å². The zero-order chi connectivity index (χ0) is 15.4. The predicted octanol–water partition coefficient (Wildman–Crippen LogP) is 5.06. The van der Waals surface area contributed by atoms with Gasteiger partial charge in [-0.25, -0.2) is 0 Å². The van der Waals surface area contributed by atoms with E-state index in [4.69, 9.17) is 5.73 Å². The van der Waals surface area contributed by atoms with Crippen LogP contribution < -0.4 is 5.73 Å². The highest BCUT2D eigenvalue weighted by Gasteiger charge is 2.15. The van der Waals surface area contributed by atoms with Crippen LogP contribution >= 0.6 is 0 Å². The Morgan fingerprint density at radius 1 is 0.905 bits per heavy atom. The largest absolute Gasteiger partial charge is 0.324 e. The van der Waals surface area contributed by atoms with E-state index < -0.39 is 0 Å². The molecule has 21 heavy (non-hydrogen) atoms. The van der Waals surface area contributed by atoms with Crippen molar-refractivity contribution in [3.63, 3.8) is 0 Å². The van der Waals surface area contributed by atoms with Gasteiger partial charge in [0.05, 0.1) is 0 Å². The zero-order valence-electron chi connectivity index (χ0n) is 13.7. The van der Waals surface area contributed by atoms with Crippen molar-refractivity contribution in [1.82, 2.24) is 0 Å². The van der Waals surface area contributed by atoms with E-state index >= 15 is 0 Å². The summed E-state index contributed by atoms with van der Waals surface area (Å²) in [6.07, 6.45) is 3.21. The van der Waals surface area contributed by atoms with Gasteiger partial charge in [0.15, 0.2) is 0 Å². The summed E-state index contributed by atoms with van der Waals surface area (Å²) in [7, 11) is 0.